The van der Waals surface area contributed by atoms with Crippen LogP contribution < -0.4 is 24.8 Å². The molecule has 0 radical (unpaired) electrons. The van der Waals surface area contributed by atoms with Gasteiger partial charge in [0.15, 0.2) is 0 Å². The molecule has 2 aliphatic rings. The van der Waals surface area contributed by atoms with Crippen LogP contribution in [0.3, 0.4) is 0 Å². The Morgan fingerprint density at radius 3 is 1.36 bits per heavy atom. The Morgan fingerprint density at radius 2 is 1.07 bits per heavy atom. The van der Waals surface area contributed by atoms with Gasteiger partial charge in [-0.25, -0.2) is 12.1 Å². The molecule has 2 aromatic rings. The second kappa shape index (κ2) is 15.2. The van der Waals surface area contributed by atoms with Gasteiger partial charge in [0.1, 0.15) is 0 Å². The molecule has 0 amide bonds. The van der Waals surface area contributed by atoms with E-state index in [-0.39, 0.29) is 30.2 Å². The van der Waals surface area contributed by atoms with E-state index < -0.39 is 0 Å². The molecular formula is C24H36Cl2SiZr-2. The smallest absolute Gasteiger partial charge is 1.00 e. The number of hydrogen-bond donors (Lipinski definition) is 0. The van der Waals surface area contributed by atoms with Crippen molar-refractivity contribution >= 4 is 5.43 Å². The summed E-state index contributed by atoms with van der Waals surface area (Å²) < 4.78 is 0. The van der Waals surface area contributed by atoms with Gasteiger partial charge in [0, 0.05) is 0 Å². The van der Waals surface area contributed by atoms with E-state index in [1.165, 1.54) is 75.3 Å². The quantitative estimate of drug-likeness (QED) is 0.404. The first-order valence-corrected chi connectivity index (χ1v) is 16.8. The normalized spacial score (nSPS) is 13.9. The van der Waals surface area contributed by atoms with Crippen LogP contribution in [0.5, 0.6) is 0 Å². The molecule has 0 fully saturated rings. The minimum atomic E-state index is 0. The zero-order valence-corrected chi connectivity index (χ0v) is 23.1. The minimum absolute atomic E-state index is 0. The molecule has 0 N–H and O–H groups in total. The summed E-state index contributed by atoms with van der Waals surface area (Å²) in [5, 5.41) is 0. The van der Waals surface area contributed by atoms with E-state index in [2.05, 4.69) is 51.2 Å². The molecule has 28 heavy (non-hydrogen) atoms. The van der Waals surface area contributed by atoms with Crippen molar-refractivity contribution < 1.29 is 48.1 Å². The molecule has 0 aromatic heterocycles. The molecule has 0 unspecified atom stereocenters. The third-order valence-electron chi connectivity index (χ3n) is 5.36. The topological polar surface area (TPSA) is 0 Å². The standard InChI is InChI=1S/2C11H15.C2H6Si.2ClH.Zr/c2*1-2-9-7-10-5-3-4-6-11(10)8-9;1-3-2;;;/h2*7-8H,2-6H2,1H3;1-2H3;2*1H;/q2*-1;;;;+2/p-2. The number of rotatable bonds is 2. The van der Waals surface area contributed by atoms with Gasteiger partial charge in [0.25, 0.3) is 0 Å². The van der Waals surface area contributed by atoms with Crippen molar-refractivity contribution in [2.24, 2.45) is 0 Å². The molecule has 4 rings (SSSR count). The number of halogens is 2. The molecule has 0 spiro atoms. The summed E-state index contributed by atoms with van der Waals surface area (Å²) in [6.45, 7) is 9.09. The molecular weight excluding hydrogens is 478 g/mol. The maximum absolute atomic E-state index is 2.40. The van der Waals surface area contributed by atoms with Crippen molar-refractivity contribution in [3.63, 3.8) is 0 Å². The third-order valence-corrected chi connectivity index (χ3v) is 5.36. The molecule has 0 saturated carbocycles. The molecule has 0 bridgehead atoms. The van der Waals surface area contributed by atoms with Gasteiger partial charge in [0.2, 0.25) is 0 Å². The summed E-state index contributed by atoms with van der Waals surface area (Å²) in [4.78, 5) is 0. The summed E-state index contributed by atoms with van der Waals surface area (Å²) in [6, 6.07) is 9.59. The minimum Gasteiger partial charge on any atom is -1.00 e. The van der Waals surface area contributed by atoms with Crippen molar-refractivity contribution in [2.75, 3.05) is 0 Å². The molecule has 0 nitrogen and oxygen atoms in total. The summed E-state index contributed by atoms with van der Waals surface area (Å²) >= 11 is 1.74. The SMILES string of the molecule is CCc1cc2c([cH-]1)CCCC2.CCc1cc2c([cH-]1)CCCC2.C[Si](C)=[Zr+2].[Cl-].[Cl-]. The van der Waals surface area contributed by atoms with E-state index in [9.17, 15) is 0 Å². The van der Waals surface area contributed by atoms with E-state index in [1.807, 2.05) is 0 Å². The molecule has 156 valence electrons. The van der Waals surface area contributed by atoms with Crippen LogP contribution in [0.25, 0.3) is 0 Å². The van der Waals surface area contributed by atoms with Crippen molar-refractivity contribution in [3.8, 4) is 0 Å². The van der Waals surface area contributed by atoms with Crippen molar-refractivity contribution in [1.29, 1.82) is 0 Å². The largest absolute Gasteiger partial charge is 1.00 e. The first-order valence-electron chi connectivity index (χ1n) is 10.6. The van der Waals surface area contributed by atoms with Crippen LogP contribution in [0.15, 0.2) is 24.3 Å². The first kappa shape index (κ1) is 28.4. The Kier molecular flexibility index (Phi) is 15.4. The Labute approximate surface area is 201 Å². The predicted molar refractivity (Wildman–Crippen MR) is 114 cm³/mol. The average Bonchev–Trinajstić information content (AvgIpc) is 3.24. The van der Waals surface area contributed by atoms with E-state index in [0.717, 1.165) is 0 Å². The van der Waals surface area contributed by atoms with Gasteiger partial charge in [-0.2, -0.15) is 45.5 Å². The van der Waals surface area contributed by atoms with Crippen molar-refractivity contribution in [1.82, 2.24) is 0 Å². The van der Waals surface area contributed by atoms with Gasteiger partial charge in [-0.05, 0) is 0 Å². The zero-order valence-electron chi connectivity index (χ0n) is 18.1. The maximum atomic E-state index is 2.40. The molecule has 0 aliphatic heterocycles. The molecule has 4 heteroatoms. The fourth-order valence-electron chi connectivity index (χ4n) is 3.95. The number of aryl methyl sites for hydroxylation is 6. The molecule has 2 aromatic carbocycles. The van der Waals surface area contributed by atoms with Crippen LogP contribution >= 0.6 is 0 Å². The summed E-state index contributed by atoms with van der Waals surface area (Å²) in [5.41, 5.74) is 9.82. The summed E-state index contributed by atoms with van der Waals surface area (Å²) in [5.74, 6) is 0. The van der Waals surface area contributed by atoms with Crippen LogP contribution in [0.4, 0.5) is 0 Å². The van der Waals surface area contributed by atoms with Crippen LogP contribution in [-0.2, 0) is 61.9 Å². The summed E-state index contributed by atoms with van der Waals surface area (Å²) in [6.07, 6.45) is 13.3. The van der Waals surface area contributed by atoms with Gasteiger partial charge in [-0.1, -0.05) is 78.1 Å². The second-order valence-electron chi connectivity index (χ2n) is 7.95. The third kappa shape index (κ3) is 9.46. The second-order valence-corrected chi connectivity index (χ2v) is 17.3. The van der Waals surface area contributed by atoms with E-state index >= 15 is 0 Å². The van der Waals surface area contributed by atoms with Crippen LogP contribution in [-0.4, -0.2) is 5.43 Å². The van der Waals surface area contributed by atoms with Gasteiger partial charge < -0.3 is 24.8 Å². The van der Waals surface area contributed by atoms with Crippen LogP contribution in [0.2, 0.25) is 13.1 Å². The van der Waals surface area contributed by atoms with Gasteiger partial charge in [-0.3, -0.25) is 0 Å². The monoisotopic (exact) mass is 512 g/mol. The van der Waals surface area contributed by atoms with Crippen molar-refractivity contribution in [2.45, 2.75) is 91.1 Å². The Hall–Kier alpha value is 0.380. The fourth-order valence-corrected chi connectivity index (χ4v) is 3.95. The predicted octanol–water partition coefficient (Wildman–Crippen LogP) is 0.486. The summed E-state index contributed by atoms with van der Waals surface area (Å²) in [7, 11) is 0. The van der Waals surface area contributed by atoms with E-state index in [4.69, 9.17) is 0 Å². The number of fused-ring (bicyclic) bond motifs is 2. The molecule has 0 heterocycles. The zero-order chi connectivity index (χ0) is 18.9. The van der Waals surface area contributed by atoms with Crippen molar-refractivity contribution in [3.05, 3.63) is 57.6 Å². The van der Waals surface area contributed by atoms with E-state index in [0.29, 0.717) is 0 Å². The number of hydrogen-bond acceptors (Lipinski definition) is 0. The molecule has 2 aliphatic carbocycles. The Morgan fingerprint density at radius 1 is 0.750 bits per heavy atom. The molecule has 0 saturated heterocycles. The maximum Gasteiger partial charge on any atom is -1.00 e. The average molecular weight is 515 g/mol. The Bertz CT molecular complexity index is 594. The van der Waals surface area contributed by atoms with Gasteiger partial charge in [-0.15, -0.1) is 0 Å². The van der Waals surface area contributed by atoms with Crippen LogP contribution in [0, 0.1) is 0 Å². The van der Waals surface area contributed by atoms with Crippen LogP contribution in [0.1, 0.15) is 72.9 Å². The fraction of sp³-hybridized carbons (Fsp3) is 0.583. The first-order chi connectivity index (χ1) is 12.5. The van der Waals surface area contributed by atoms with Gasteiger partial charge >= 0.3 is 41.9 Å². The van der Waals surface area contributed by atoms with Gasteiger partial charge in [0.05, 0.1) is 0 Å². The Balaban J connectivity index is 0.000000415. The van der Waals surface area contributed by atoms with E-state index in [1.54, 1.807) is 45.6 Å². The molecule has 0 atom stereocenters.